The molecule has 0 spiro atoms. The van der Waals surface area contributed by atoms with Crippen molar-refractivity contribution in [3.63, 3.8) is 0 Å². The summed E-state index contributed by atoms with van der Waals surface area (Å²) in [4.78, 5) is 63.0. The van der Waals surface area contributed by atoms with Gasteiger partial charge in [0, 0.05) is 34.7 Å². The van der Waals surface area contributed by atoms with Crippen LogP contribution in [0.2, 0.25) is 5.02 Å². The smallest absolute Gasteiger partial charge is 0.307 e. The number of halogens is 1. The Morgan fingerprint density at radius 3 is 2.54 bits per heavy atom. The molecule has 2 aliphatic heterocycles. The van der Waals surface area contributed by atoms with Crippen molar-refractivity contribution >= 4 is 56.0 Å². The van der Waals surface area contributed by atoms with Gasteiger partial charge in [-0.3, -0.25) is 23.9 Å². The normalized spacial score (nSPS) is 29.4. The maximum absolute atomic E-state index is 14.9. The molecule has 1 aromatic carbocycles. The topological polar surface area (TPSA) is 158 Å². The Bertz CT molecular complexity index is 1980. The third-order valence-electron chi connectivity index (χ3n) is 11.5. The first kappa shape index (κ1) is 41.9. The number of fused-ring (bicyclic) bond motifs is 3. The van der Waals surface area contributed by atoms with Gasteiger partial charge in [-0.25, -0.2) is 8.42 Å². The third kappa shape index (κ3) is 9.69. The molecule has 2 saturated carbocycles. The summed E-state index contributed by atoms with van der Waals surface area (Å²) in [5.41, 5.74) is -2.03. The van der Waals surface area contributed by atoms with Crippen LogP contribution in [0.1, 0.15) is 106 Å². The van der Waals surface area contributed by atoms with E-state index in [1.807, 2.05) is 32.1 Å². The predicted octanol–water partition coefficient (Wildman–Crippen LogP) is 6.96. The van der Waals surface area contributed by atoms with Gasteiger partial charge in [0.05, 0.1) is 42.2 Å². The molecule has 7 atom stereocenters. The second kappa shape index (κ2) is 16.6. The fourth-order valence-electron chi connectivity index (χ4n) is 8.26. The highest BCUT2D eigenvalue weighted by Gasteiger charge is 2.61. The van der Waals surface area contributed by atoms with Crippen molar-refractivity contribution in [2.75, 3.05) is 13.2 Å². The van der Waals surface area contributed by atoms with Crippen molar-refractivity contribution in [1.29, 1.82) is 0 Å². The largest absolute Gasteiger partial charge is 0.478 e. The average Bonchev–Trinajstić information content (AvgIpc) is 4.04. The Kier molecular flexibility index (Phi) is 12.5. The van der Waals surface area contributed by atoms with Crippen molar-refractivity contribution in [2.45, 2.75) is 129 Å². The molecule has 14 heteroatoms. The molecule has 0 bridgehead atoms. The minimum absolute atomic E-state index is 0.0186. The summed E-state index contributed by atoms with van der Waals surface area (Å²) >= 11 is 6.61. The van der Waals surface area contributed by atoms with E-state index in [-0.39, 0.29) is 61.1 Å². The Hall–Kier alpha value is -3.71. The SMILES string of the molecule is CCCOc1cc2c(Cl)cccc2c(O[C@@H]2C[C@H]3C(=O)C[C@]4(C(=O)NS(=O)(=O)C5CC5)C[C@H]4/C=C\CC[C@@H](C)C[C@@H](C)[C@H](CC(=O)OC(C)(C)C)C(=O)N3C2)n1. The number of benzene rings is 1. The van der Waals surface area contributed by atoms with Crippen LogP contribution >= 0.6 is 11.6 Å². The van der Waals surface area contributed by atoms with E-state index >= 15 is 0 Å². The van der Waals surface area contributed by atoms with Crippen LogP contribution in [0.25, 0.3) is 10.8 Å². The molecular weight excluding hydrogens is 758 g/mol. The number of sulfonamides is 1. The number of esters is 1. The average molecular weight is 814 g/mol. The molecule has 6 rings (SSSR count). The first-order valence-electron chi connectivity index (χ1n) is 20.1. The van der Waals surface area contributed by atoms with E-state index in [1.54, 1.807) is 39.0 Å². The highest BCUT2D eigenvalue weighted by Crippen LogP contribution is 2.57. The Morgan fingerprint density at radius 2 is 1.84 bits per heavy atom. The lowest BCUT2D eigenvalue weighted by Gasteiger charge is -2.32. The van der Waals surface area contributed by atoms with Crippen LogP contribution in [-0.2, 0) is 33.9 Å². The number of nitrogens with zero attached hydrogens (tertiary/aromatic N) is 2. The monoisotopic (exact) mass is 813 g/mol. The van der Waals surface area contributed by atoms with Crippen LogP contribution in [0.3, 0.4) is 0 Å². The fourth-order valence-corrected chi connectivity index (χ4v) is 9.88. The van der Waals surface area contributed by atoms with Crippen LogP contribution < -0.4 is 14.2 Å². The fraction of sp³-hybridized carbons (Fsp3) is 0.643. The number of Topliss-reactive ketones (excluding diaryl/α,β-unsaturated/α-hetero) is 1. The number of ketones is 1. The van der Waals surface area contributed by atoms with Gasteiger partial charge in [-0.2, -0.15) is 4.98 Å². The van der Waals surface area contributed by atoms with Gasteiger partial charge in [0.15, 0.2) is 5.78 Å². The summed E-state index contributed by atoms with van der Waals surface area (Å²) in [6.07, 6.45) is 7.17. The summed E-state index contributed by atoms with van der Waals surface area (Å²) in [5.74, 6) is -2.50. The molecule has 1 aromatic heterocycles. The predicted molar refractivity (Wildman–Crippen MR) is 213 cm³/mol. The van der Waals surface area contributed by atoms with E-state index in [0.29, 0.717) is 60.4 Å². The zero-order valence-corrected chi connectivity index (χ0v) is 34.9. The number of hydrogen-bond acceptors (Lipinski definition) is 10. The number of hydrogen-bond donors (Lipinski definition) is 1. The van der Waals surface area contributed by atoms with Gasteiger partial charge in [-0.15, -0.1) is 0 Å². The van der Waals surface area contributed by atoms with Gasteiger partial charge >= 0.3 is 5.97 Å². The number of aromatic nitrogens is 1. The number of amides is 2. The highest BCUT2D eigenvalue weighted by atomic mass is 35.5. The Morgan fingerprint density at radius 1 is 1.09 bits per heavy atom. The maximum Gasteiger partial charge on any atom is 0.307 e. The van der Waals surface area contributed by atoms with Crippen molar-refractivity contribution in [2.24, 2.45) is 29.1 Å². The second-order valence-corrected chi connectivity index (χ2v) is 19.8. The summed E-state index contributed by atoms with van der Waals surface area (Å²) in [7, 11) is -3.87. The number of rotatable bonds is 10. The molecule has 56 heavy (non-hydrogen) atoms. The van der Waals surface area contributed by atoms with Crippen molar-refractivity contribution < 1.29 is 41.8 Å². The maximum atomic E-state index is 14.9. The minimum atomic E-state index is -3.87. The number of carbonyl (C=O) groups excluding carboxylic acids is 4. The zero-order valence-electron chi connectivity index (χ0n) is 33.3. The van der Waals surface area contributed by atoms with Gasteiger partial charge in [-0.05, 0) is 95.6 Å². The number of nitrogens with one attached hydrogen (secondary N) is 1. The molecule has 306 valence electrons. The third-order valence-corrected chi connectivity index (χ3v) is 13.6. The van der Waals surface area contributed by atoms with E-state index in [2.05, 4.69) is 16.6 Å². The van der Waals surface area contributed by atoms with Crippen LogP contribution in [0.5, 0.6) is 11.8 Å². The Labute approximate surface area is 335 Å². The van der Waals surface area contributed by atoms with E-state index in [4.69, 9.17) is 25.8 Å². The van der Waals surface area contributed by atoms with E-state index in [1.165, 1.54) is 4.90 Å². The lowest BCUT2D eigenvalue weighted by molar-refractivity contribution is -0.160. The summed E-state index contributed by atoms with van der Waals surface area (Å²) < 4.78 is 46.3. The highest BCUT2D eigenvalue weighted by molar-refractivity contribution is 7.90. The van der Waals surface area contributed by atoms with E-state index in [9.17, 15) is 27.6 Å². The standard InChI is InChI=1S/C42H56ClN3O9S/c1-7-17-53-36-20-32-30(13-10-14-33(32)43)38(44-36)54-28-19-34-35(47)23-42(40(50)45-56(51,52)29-15-16-29)22-27(42)12-9-8-11-25(2)18-26(3)31(39(49)46(34)24-28)21-37(48)55-41(4,5)6/h9-10,12-14,20,25-29,31,34H,7-8,11,15-19,21-24H2,1-6H3,(H,45,50)/b12-9-/t25-,26-,27-,28-,31+,34+,42-/m1/s1. The molecule has 3 heterocycles. The first-order valence-corrected chi connectivity index (χ1v) is 22.0. The van der Waals surface area contributed by atoms with Crippen molar-refractivity contribution in [1.82, 2.24) is 14.6 Å². The van der Waals surface area contributed by atoms with Crippen LogP contribution in [0.15, 0.2) is 36.4 Å². The second-order valence-electron chi connectivity index (χ2n) is 17.4. The summed E-state index contributed by atoms with van der Waals surface area (Å²) in [6.45, 7) is 11.8. The van der Waals surface area contributed by atoms with Gasteiger partial charge in [0.2, 0.25) is 33.6 Å². The van der Waals surface area contributed by atoms with Gasteiger partial charge in [0.25, 0.3) is 0 Å². The zero-order chi connectivity index (χ0) is 40.6. The van der Waals surface area contributed by atoms with Gasteiger partial charge < -0.3 is 19.1 Å². The molecule has 2 amide bonds. The summed E-state index contributed by atoms with van der Waals surface area (Å²) in [6, 6.07) is 6.12. The minimum Gasteiger partial charge on any atom is -0.478 e. The number of allylic oxidation sites excluding steroid dienone is 2. The van der Waals surface area contributed by atoms with Gasteiger partial charge in [0.1, 0.15) is 11.7 Å². The van der Waals surface area contributed by atoms with Crippen molar-refractivity contribution in [3.8, 4) is 11.8 Å². The van der Waals surface area contributed by atoms with Crippen LogP contribution in [0.4, 0.5) is 0 Å². The number of pyridine rings is 1. The molecule has 4 aliphatic rings. The van der Waals surface area contributed by atoms with Crippen molar-refractivity contribution in [3.05, 3.63) is 41.4 Å². The number of carbonyl (C=O) groups is 4. The quantitative estimate of drug-likeness (QED) is 0.196. The number of ether oxygens (including phenoxy) is 3. The molecule has 1 N–H and O–H groups in total. The molecule has 2 aromatic rings. The van der Waals surface area contributed by atoms with Crippen LogP contribution in [-0.4, -0.2) is 78.0 Å². The molecule has 3 fully saturated rings. The molecule has 0 unspecified atom stereocenters. The molecule has 0 radical (unpaired) electrons. The lowest BCUT2D eigenvalue weighted by atomic mass is 9.82. The molecule has 2 aliphatic carbocycles. The molecule has 12 nitrogen and oxygen atoms in total. The molecule has 1 saturated heterocycles. The summed E-state index contributed by atoms with van der Waals surface area (Å²) in [5, 5.41) is 1.18. The van der Waals surface area contributed by atoms with Gasteiger partial charge in [-0.1, -0.05) is 50.6 Å². The Balaban J connectivity index is 1.36. The van der Waals surface area contributed by atoms with E-state index in [0.717, 1.165) is 12.8 Å². The first-order chi connectivity index (χ1) is 26.4. The lowest BCUT2D eigenvalue weighted by Crippen LogP contribution is -2.47. The van der Waals surface area contributed by atoms with Crippen LogP contribution in [0, 0.1) is 29.1 Å². The molecular formula is C42H56ClN3O9S. The van der Waals surface area contributed by atoms with E-state index < -0.39 is 56.2 Å².